The lowest BCUT2D eigenvalue weighted by molar-refractivity contribution is 0.262. The van der Waals surface area contributed by atoms with Crippen LogP contribution >= 0.6 is 22.9 Å². The molecule has 0 spiro atoms. The topological polar surface area (TPSA) is 54.0 Å². The van der Waals surface area contributed by atoms with Crippen molar-refractivity contribution in [3.63, 3.8) is 0 Å². The third-order valence-corrected chi connectivity index (χ3v) is 3.36. The SMILES string of the molecule is Cc1nc(NC(=O)Nc2ccccc2)sc1Cl. The Morgan fingerprint density at radius 3 is 2.59 bits per heavy atom. The molecular weight excluding hydrogens is 258 g/mol. The van der Waals surface area contributed by atoms with E-state index in [-0.39, 0.29) is 6.03 Å². The third-order valence-electron chi connectivity index (χ3n) is 1.99. The van der Waals surface area contributed by atoms with E-state index in [1.165, 1.54) is 11.3 Å². The smallest absolute Gasteiger partial charge is 0.308 e. The van der Waals surface area contributed by atoms with Crippen LogP contribution in [0.4, 0.5) is 15.6 Å². The molecule has 2 amide bonds. The third kappa shape index (κ3) is 3.18. The summed E-state index contributed by atoms with van der Waals surface area (Å²) in [6.45, 7) is 1.79. The van der Waals surface area contributed by atoms with E-state index >= 15 is 0 Å². The van der Waals surface area contributed by atoms with Crippen molar-refractivity contribution in [2.24, 2.45) is 0 Å². The van der Waals surface area contributed by atoms with Gasteiger partial charge in [-0.15, -0.1) is 0 Å². The maximum atomic E-state index is 11.6. The fourth-order valence-electron chi connectivity index (χ4n) is 1.21. The van der Waals surface area contributed by atoms with E-state index in [0.717, 1.165) is 5.69 Å². The second kappa shape index (κ2) is 5.16. The molecule has 0 aliphatic carbocycles. The Balaban J connectivity index is 1.98. The highest BCUT2D eigenvalue weighted by Gasteiger charge is 2.08. The normalized spacial score (nSPS) is 10.0. The van der Waals surface area contributed by atoms with Crippen molar-refractivity contribution in [2.45, 2.75) is 6.92 Å². The first-order chi connectivity index (χ1) is 8.15. The van der Waals surface area contributed by atoms with Gasteiger partial charge in [0, 0.05) is 5.69 Å². The van der Waals surface area contributed by atoms with Gasteiger partial charge in [0.05, 0.1) is 5.69 Å². The lowest BCUT2D eigenvalue weighted by Gasteiger charge is -2.04. The number of aromatic nitrogens is 1. The molecule has 0 atom stereocenters. The van der Waals surface area contributed by atoms with Crippen molar-refractivity contribution in [1.82, 2.24) is 4.98 Å². The minimum absolute atomic E-state index is 0.332. The molecule has 0 aliphatic rings. The van der Waals surface area contributed by atoms with Crippen molar-refractivity contribution in [2.75, 3.05) is 10.6 Å². The van der Waals surface area contributed by atoms with Gasteiger partial charge < -0.3 is 5.32 Å². The fraction of sp³-hybridized carbons (Fsp3) is 0.0909. The summed E-state index contributed by atoms with van der Waals surface area (Å²) in [4.78, 5) is 15.7. The molecule has 0 bridgehead atoms. The lowest BCUT2D eigenvalue weighted by Crippen LogP contribution is -2.19. The highest BCUT2D eigenvalue weighted by atomic mass is 35.5. The van der Waals surface area contributed by atoms with Crippen molar-refractivity contribution < 1.29 is 4.79 Å². The van der Waals surface area contributed by atoms with E-state index in [1.807, 2.05) is 18.2 Å². The zero-order chi connectivity index (χ0) is 12.3. The van der Waals surface area contributed by atoms with Crippen LogP contribution in [-0.4, -0.2) is 11.0 Å². The molecule has 88 valence electrons. The molecule has 0 unspecified atom stereocenters. The molecule has 1 aromatic carbocycles. The Kier molecular flexibility index (Phi) is 3.61. The highest BCUT2D eigenvalue weighted by Crippen LogP contribution is 2.27. The maximum Gasteiger partial charge on any atom is 0.325 e. The lowest BCUT2D eigenvalue weighted by atomic mass is 10.3. The number of carbonyl (C=O) groups excluding carboxylic acids is 1. The first-order valence-electron chi connectivity index (χ1n) is 4.91. The van der Waals surface area contributed by atoms with Crippen molar-refractivity contribution >= 4 is 39.8 Å². The summed E-state index contributed by atoms with van der Waals surface area (Å²) >= 11 is 7.09. The summed E-state index contributed by atoms with van der Waals surface area (Å²) < 4.78 is 0.583. The van der Waals surface area contributed by atoms with Crippen LogP contribution in [0.25, 0.3) is 0 Å². The number of aryl methyl sites for hydroxylation is 1. The standard InChI is InChI=1S/C11H10ClN3OS/c1-7-9(12)17-11(13-7)15-10(16)14-8-5-3-2-4-6-8/h2-6H,1H3,(H2,13,14,15,16). The molecule has 6 heteroatoms. The predicted octanol–water partition coefficient (Wildman–Crippen LogP) is 3.75. The number of benzene rings is 1. The van der Waals surface area contributed by atoms with E-state index in [9.17, 15) is 4.79 Å². The van der Waals surface area contributed by atoms with Crippen LogP contribution in [0.15, 0.2) is 30.3 Å². The number of nitrogens with zero attached hydrogens (tertiary/aromatic N) is 1. The summed E-state index contributed by atoms with van der Waals surface area (Å²) in [5.74, 6) is 0. The van der Waals surface area contributed by atoms with Gasteiger partial charge in [-0.2, -0.15) is 0 Å². The Morgan fingerprint density at radius 1 is 1.29 bits per heavy atom. The summed E-state index contributed by atoms with van der Waals surface area (Å²) in [5.41, 5.74) is 1.44. The number of rotatable bonds is 2. The average molecular weight is 268 g/mol. The summed E-state index contributed by atoms with van der Waals surface area (Å²) in [6.07, 6.45) is 0. The van der Waals surface area contributed by atoms with Gasteiger partial charge in [0.15, 0.2) is 5.13 Å². The van der Waals surface area contributed by atoms with E-state index in [2.05, 4.69) is 15.6 Å². The van der Waals surface area contributed by atoms with E-state index in [4.69, 9.17) is 11.6 Å². The number of halogens is 1. The molecule has 2 rings (SSSR count). The molecule has 17 heavy (non-hydrogen) atoms. The molecule has 1 heterocycles. The molecule has 0 saturated carbocycles. The van der Waals surface area contributed by atoms with Crippen LogP contribution in [0.2, 0.25) is 4.34 Å². The number of thiazole rings is 1. The van der Waals surface area contributed by atoms with Crippen LogP contribution in [0.5, 0.6) is 0 Å². The summed E-state index contributed by atoms with van der Waals surface area (Å²) in [6, 6.07) is 8.86. The van der Waals surface area contributed by atoms with Crippen LogP contribution < -0.4 is 10.6 Å². The Hall–Kier alpha value is -1.59. The van der Waals surface area contributed by atoms with Crippen molar-refractivity contribution in [1.29, 1.82) is 0 Å². The average Bonchev–Trinajstić information content (AvgIpc) is 2.59. The number of anilines is 2. The molecule has 0 radical (unpaired) electrons. The number of carbonyl (C=O) groups is 1. The van der Waals surface area contributed by atoms with E-state index in [1.54, 1.807) is 19.1 Å². The van der Waals surface area contributed by atoms with Crippen LogP contribution in [0.3, 0.4) is 0 Å². The fourth-order valence-corrected chi connectivity index (χ4v) is 2.16. The van der Waals surface area contributed by atoms with Crippen molar-refractivity contribution in [3.05, 3.63) is 40.4 Å². The maximum absolute atomic E-state index is 11.6. The van der Waals surface area contributed by atoms with Gasteiger partial charge in [0.1, 0.15) is 4.34 Å². The number of amides is 2. The van der Waals surface area contributed by atoms with Crippen LogP contribution in [0.1, 0.15) is 5.69 Å². The molecule has 0 aliphatic heterocycles. The Morgan fingerprint density at radius 2 is 2.00 bits per heavy atom. The van der Waals surface area contributed by atoms with Crippen LogP contribution in [-0.2, 0) is 0 Å². The molecule has 2 aromatic rings. The molecular formula is C11H10ClN3OS. The first kappa shape index (κ1) is 11.9. The molecule has 1 aromatic heterocycles. The van der Waals surface area contributed by atoms with Gasteiger partial charge in [0.25, 0.3) is 0 Å². The predicted molar refractivity (Wildman–Crippen MR) is 70.9 cm³/mol. The summed E-state index contributed by atoms with van der Waals surface area (Å²) in [7, 11) is 0. The summed E-state index contributed by atoms with van der Waals surface area (Å²) in [5, 5.41) is 5.80. The minimum Gasteiger partial charge on any atom is -0.308 e. The zero-order valence-electron chi connectivity index (χ0n) is 9.03. The van der Waals surface area contributed by atoms with Crippen molar-refractivity contribution in [3.8, 4) is 0 Å². The second-order valence-corrected chi connectivity index (χ2v) is 4.92. The number of nitrogens with one attached hydrogen (secondary N) is 2. The highest BCUT2D eigenvalue weighted by molar-refractivity contribution is 7.19. The van der Waals surface area contributed by atoms with E-state index < -0.39 is 0 Å². The molecule has 0 fully saturated rings. The Bertz CT molecular complexity index is 507. The Labute approximate surface area is 108 Å². The van der Waals surface area contributed by atoms with Gasteiger partial charge >= 0.3 is 6.03 Å². The van der Waals surface area contributed by atoms with Crippen LogP contribution in [0, 0.1) is 6.92 Å². The van der Waals surface area contributed by atoms with Gasteiger partial charge in [-0.3, -0.25) is 5.32 Å². The minimum atomic E-state index is -0.332. The number of hydrogen-bond acceptors (Lipinski definition) is 3. The molecule has 4 nitrogen and oxygen atoms in total. The zero-order valence-corrected chi connectivity index (χ0v) is 10.6. The number of hydrogen-bond donors (Lipinski definition) is 2. The quantitative estimate of drug-likeness (QED) is 0.871. The number of urea groups is 1. The van der Waals surface area contributed by atoms with Gasteiger partial charge in [-0.1, -0.05) is 41.1 Å². The largest absolute Gasteiger partial charge is 0.325 e. The van der Waals surface area contributed by atoms with E-state index in [0.29, 0.717) is 15.2 Å². The first-order valence-corrected chi connectivity index (χ1v) is 6.10. The number of para-hydroxylation sites is 1. The second-order valence-electron chi connectivity index (χ2n) is 3.32. The van der Waals surface area contributed by atoms with Gasteiger partial charge in [0.2, 0.25) is 0 Å². The monoisotopic (exact) mass is 267 g/mol. The molecule has 0 saturated heterocycles. The molecule has 2 N–H and O–H groups in total. The van der Waals surface area contributed by atoms with Gasteiger partial charge in [-0.05, 0) is 19.1 Å². The van der Waals surface area contributed by atoms with Gasteiger partial charge in [-0.25, -0.2) is 9.78 Å².